The topological polar surface area (TPSA) is 109 Å². The fourth-order valence-electron chi connectivity index (χ4n) is 3.28. The summed E-state index contributed by atoms with van der Waals surface area (Å²) < 4.78 is 11.7. The highest BCUT2D eigenvalue weighted by Gasteiger charge is 2.17. The number of aryl methyl sites for hydroxylation is 1. The quantitative estimate of drug-likeness (QED) is 0.287. The summed E-state index contributed by atoms with van der Waals surface area (Å²) in [5.41, 5.74) is 2.28. The van der Waals surface area contributed by atoms with Gasteiger partial charge in [-0.15, -0.1) is 0 Å². The number of benzene rings is 3. The van der Waals surface area contributed by atoms with Gasteiger partial charge in [0.2, 0.25) is 0 Å². The molecule has 1 amide bonds. The third kappa shape index (κ3) is 6.40. The van der Waals surface area contributed by atoms with Crippen molar-refractivity contribution in [2.75, 3.05) is 11.9 Å². The van der Waals surface area contributed by atoms with Gasteiger partial charge < -0.3 is 19.9 Å². The van der Waals surface area contributed by atoms with Crippen LogP contribution in [0.4, 0.5) is 5.69 Å². The molecule has 35 heavy (non-hydrogen) atoms. The molecule has 0 saturated heterocycles. The maximum Gasteiger partial charge on any atom is 0.337 e. The van der Waals surface area contributed by atoms with Crippen LogP contribution in [-0.2, 0) is 11.4 Å². The molecule has 0 atom stereocenters. The number of aromatic carboxylic acids is 1. The Balaban J connectivity index is 1.88. The van der Waals surface area contributed by atoms with Gasteiger partial charge in [0.25, 0.3) is 5.91 Å². The largest absolute Gasteiger partial charge is 0.490 e. The molecule has 2 N–H and O–H groups in total. The second-order valence-electron chi connectivity index (χ2n) is 7.45. The molecule has 3 aromatic rings. The van der Waals surface area contributed by atoms with Crippen LogP contribution in [-0.4, -0.2) is 23.6 Å². The number of para-hydroxylation sites is 1. The molecule has 0 saturated carbocycles. The Bertz CT molecular complexity index is 1330. The Hall–Kier alpha value is -4.28. The number of carbonyl (C=O) groups is 2. The molecule has 0 bridgehead atoms. The van der Waals surface area contributed by atoms with Crippen molar-refractivity contribution in [1.82, 2.24) is 0 Å². The van der Waals surface area contributed by atoms with Crippen LogP contribution < -0.4 is 14.8 Å². The second kappa shape index (κ2) is 11.7. The minimum atomic E-state index is -1.20. The summed E-state index contributed by atoms with van der Waals surface area (Å²) >= 11 is 6.48. The Kier molecular flexibility index (Phi) is 8.49. The number of carboxylic acids is 1. The van der Waals surface area contributed by atoms with E-state index >= 15 is 0 Å². The van der Waals surface area contributed by atoms with E-state index in [1.54, 1.807) is 24.3 Å². The molecule has 0 aromatic heterocycles. The molecule has 0 aliphatic carbocycles. The normalized spacial score (nSPS) is 10.9. The lowest BCUT2D eigenvalue weighted by molar-refractivity contribution is -0.112. The minimum absolute atomic E-state index is 0.0825. The van der Waals surface area contributed by atoms with E-state index in [0.717, 1.165) is 11.1 Å². The number of carboxylic acid groups (broad SMARTS) is 1. The molecule has 0 aliphatic heterocycles. The highest BCUT2D eigenvalue weighted by Crippen LogP contribution is 2.38. The second-order valence-corrected chi connectivity index (χ2v) is 7.86. The van der Waals surface area contributed by atoms with Crippen LogP contribution in [0.1, 0.15) is 34.0 Å². The van der Waals surface area contributed by atoms with Gasteiger partial charge in [0.15, 0.2) is 11.5 Å². The summed E-state index contributed by atoms with van der Waals surface area (Å²) in [4.78, 5) is 24.1. The lowest BCUT2D eigenvalue weighted by Crippen LogP contribution is -2.16. The fraction of sp³-hybridized carbons (Fsp3) is 0.148. The monoisotopic (exact) mass is 490 g/mol. The van der Waals surface area contributed by atoms with E-state index < -0.39 is 11.9 Å². The average Bonchev–Trinajstić information content (AvgIpc) is 2.83. The highest BCUT2D eigenvalue weighted by atomic mass is 35.5. The average molecular weight is 491 g/mol. The van der Waals surface area contributed by atoms with Crippen molar-refractivity contribution in [1.29, 1.82) is 5.26 Å². The molecule has 7 nitrogen and oxygen atoms in total. The van der Waals surface area contributed by atoms with Gasteiger partial charge in [-0.2, -0.15) is 5.26 Å². The molecule has 8 heteroatoms. The smallest absolute Gasteiger partial charge is 0.337 e. The molecular weight excluding hydrogens is 468 g/mol. The first-order valence-corrected chi connectivity index (χ1v) is 11.1. The number of rotatable bonds is 9. The van der Waals surface area contributed by atoms with E-state index in [4.69, 9.17) is 21.1 Å². The van der Waals surface area contributed by atoms with Crippen LogP contribution in [0.25, 0.3) is 6.08 Å². The van der Waals surface area contributed by atoms with Crippen LogP contribution in [0.5, 0.6) is 11.5 Å². The van der Waals surface area contributed by atoms with Crippen molar-refractivity contribution < 1.29 is 24.2 Å². The van der Waals surface area contributed by atoms with Crippen molar-refractivity contribution in [3.63, 3.8) is 0 Å². The predicted molar refractivity (Wildman–Crippen MR) is 134 cm³/mol. The summed E-state index contributed by atoms with van der Waals surface area (Å²) in [5.74, 6) is -1.23. The lowest BCUT2D eigenvalue weighted by Gasteiger charge is -2.15. The van der Waals surface area contributed by atoms with Gasteiger partial charge in [0.05, 0.1) is 22.9 Å². The first kappa shape index (κ1) is 25.3. The zero-order valence-electron chi connectivity index (χ0n) is 19.2. The van der Waals surface area contributed by atoms with E-state index in [1.807, 2.05) is 44.2 Å². The number of amides is 1. The third-order valence-electron chi connectivity index (χ3n) is 5.05. The number of carbonyl (C=O) groups excluding carboxylic acids is 1. The van der Waals surface area contributed by atoms with Crippen LogP contribution in [0.15, 0.2) is 66.2 Å². The number of hydrogen-bond donors (Lipinski definition) is 2. The first-order valence-electron chi connectivity index (χ1n) is 10.7. The van der Waals surface area contributed by atoms with Crippen molar-refractivity contribution in [3.8, 4) is 17.6 Å². The number of nitrogens with one attached hydrogen (secondary N) is 1. The molecule has 0 aliphatic rings. The molecule has 3 aromatic carbocycles. The van der Waals surface area contributed by atoms with Crippen molar-refractivity contribution in [2.45, 2.75) is 20.5 Å². The zero-order valence-corrected chi connectivity index (χ0v) is 19.9. The fourth-order valence-corrected chi connectivity index (χ4v) is 3.55. The van der Waals surface area contributed by atoms with E-state index in [0.29, 0.717) is 23.7 Å². The van der Waals surface area contributed by atoms with Gasteiger partial charge in [0.1, 0.15) is 18.2 Å². The molecule has 0 heterocycles. The number of ether oxygens (including phenoxy) is 2. The summed E-state index contributed by atoms with van der Waals surface area (Å²) in [6.07, 6.45) is 1.35. The van der Waals surface area contributed by atoms with Gasteiger partial charge in [-0.1, -0.05) is 48.0 Å². The first-order chi connectivity index (χ1) is 16.8. The number of anilines is 1. The third-order valence-corrected chi connectivity index (χ3v) is 5.33. The van der Waals surface area contributed by atoms with Crippen LogP contribution in [0, 0.1) is 18.3 Å². The molecule has 0 radical (unpaired) electrons. The van der Waals surface area contributed by atoms with Crippen molar-refractivity contribution in [3.05, 3.63) is 93.5 Å². The Morgan fingerprint density at radius 1 is 1.11 bits per heavy atom. The SMILES string of the molecule is CCOc1cc(/C=C(\C#N)C(=O)Nc2ccccc2C(=O)O)cc(Cl)c1OCc1ccccc1C. The summed E-state index contributed by atoms with van der Waals surface area (Å²) in [6, 6.07) is 18.8. The predicted octanol–water partition coefficient (Wildman–Crippen LogP) is 5.87. The summed E-state index contributed by atoms with van der Waals surface area (Å²) in [7, 11) is 0. The van der Waals surface area contributed by atoms with Crippen molar-refractivity contribution >= 4 is 35.2 Å². The van der Waals surface area contributed by atoms with Crippen molar-refractivity contribution in [2.24, 2.45) is 0 Å². The molecule has 0 spiro atoms. The number of halogens is 1. The summed E-state index contributed by atoms with van der Waals surface area (Å²) in [6.45, 7) is 4.44. The number of nitrogens with zero attached hydrogens (tertiary/aromatic N) is 1. The molecule has 0 fully saturated rings. The number of hydrogen-bond acceptors (Lipinski definition) is 5. The maximum atomic E-state index is 12.7. The Morgan fingerprint density at radius 2 is 1.83 bits per heavy atom. The Labute approximate surface area is 208 Å². The molecule has 3 rings (SSSR count). The molecular formula is C27H23ClN2O5. The minimum Gasteiger partial charge on any atom is -0.490 e. The number of nitriles is 1. The Morgan fingerprint density at radius 3 is 2.51 bits per heavy atom. The summed E-state index contributed by atoms with van der Waals surface area (Å²) in [5, 5.41) is 21.6. The van der Waals surface area contributed by atoms with Crippen LogP contribution in [0.3, 0.4) is 0 Å². The lowest BCUT2D eigenvalue weighted by atomic mass is 10.1. The molecule has 178 valence electrons. The van der Waals surface area contributed by atoms with Crippen LogP contribution in [0.2, 0.25) is 5.02 Å². The van der Waals surface area contributed by atoms with Gasteiger partial charge in [-0.3, -0.25) is 4.79 Å². The highest BCUT2D eigenvalue weighted by molar-refractivity contribution is 6.32. The standard InChI is InChI=1S/C27H23ClN2O5/c1-3-34-24-14-18(13-22(28)25(24)35-16-19-9-5-4-8-17(19)2)12-20(15-29)26(31)30-23-11-7-6-10-21(23)27(32)33/h4-14H,3,16H2,1-2H3,(H,30,31)(H,32,33)/b20-12+. The van der Waals surface area contributed by atoms with Crippen LogP contribution >= 0.6 is 11.6 Å². The van der Waals surface area contributed by atoms with Gasteiger partial charge in [0, 0.05) is 0 Å². The van der Waals surface area contributed by atoms with E-state index in [1.165, 1.54) is 18.2 Å². The molecule has 0 unspecified atom stereocenters. The van der Waals surface area contributed by atoms with Gasteiger partial charge in [-0.25, -0.2) is 4.79 Å². The van der Waals surface area contributed by atoms with E-state index in [2.05, 4.69) is 5.32 Å². The maximum absolute atomic E-state index is 12.7. The van der Waals surface area contributed by atoms with E-state index in [9.17, 15) is 20.0 Å². The van der Waals surface area contributed by atoms with Gasteiger partial charge in [-0.05, 0) is 60.9 Å². The van der Waals surface area contributed by atoms with Gasteiger partial charge >= 0.3 is 5.97 Å². The van der Waals surface area contributed by atoms with E-state index in [-0.39, 0.29) is 28.5 Å². The zero-order chi connectivity index (χ0) is 25.4.